The highest BCUT2D eigenvalue weighted by atomic mass is 16.1. The van der Waals surface area contributed by atoms with Crippen molar-refractivity contribution in [3.8, 4) is 16.8 Å². The molecule has 0 aliphatic heterocycles. The van der Waals surface area contributed by atoms with Crippen LogP contribution in [0.2, 0.25) is 0 Å². The summed E-state index contributed by atoms with van der Waals surface area (Å²) in [6.45, 7) is 4.03. The minimum atomic E-state index is 0.0186. The van der Waals surface area contributed by atoms with Crippen molar-refractivity contribution in [3.63, 3.8) is 0 Å². The van der Waals surface area contributed by atoms with Crippen molar-refractivity contribution in [1.29, 1.82) is 0 Å². The third kappa shape index (κ3) is 2.21. The smallest absolute Gasteiger partial charge is 0.279 e. The Balaban J connectivity index is 2.25. The van der Waals surface area contributed by atoms with E-state index in [-0.39, 0.29) is 5.56 Å². The van der Waals surface area contributed by atoms with Crippen LogP contribution >= 0.6 is 0 Å². The van der Waals surface area contributed by atoms with Crippen LogP contribution in [0.3, 0.4) is 0 Å². The second-order valence-corrected chi connectivity index (χ2v) is 5.30. The van der Waals surface area contributed by atoms with Crippen LogP contribution in [0.4, 0.5) is 0 Å². The molecule has 0 N–H and O–H groups in total. The summed E-state index contributed by atoms with van der Waals surface area (Å²) >= 11 is 0. The van der Waals surface area contributed by atoms with E-state index in [0.717, 1.165) is 22.5 Å². The van der Waals surface area contributed by atoms with Crippen LogP contribution in [0.5, 0.6) is 0 Å². The van der Waals surface area contributed by atoms with Crippen molar-refractivity contribution in [2.75, 3.05) is 0 Å². The largest absolute Gasteiger partial charge is 0.285 e. The Morgan fingerprint density at radius 3 is 2.10 bits per heavy atom. The lowest BCUT2D eigenvalue weighted by molar-refractivity contribution is 0.630. The van der Waals surface area contributed by atoms with Gasteiger partial charge in [-0.2, -0.15) is 0 Å². The molecule has 3 rings (SSSR count). The first-order valence-electron chi connectivity index (χ1n) is 7.00. The van der Waals surface area contributed by atoms with Crippen LogP contribution < -0.4 is 5.56 Å². The van der Waals surface area contributed by atoms with Gasteiger partial charge in [-0.1, -0.05) is 48.0 Å². The molecule has 3 nitrogen and oxygen atoms in total. The van der Waals surface area contributed by atoms with Crippen LogP contribution in [-0.2, 0) is 7.05 Å². The number of rotatable bonds is 2. The standard InChI is InChI=1S/C18H18N2O/c1-13-9-11-15(12-10-13)17-14(2)19(3)20(18(17)21)16-7-5-4-6-8-16/h4-12H,1-3H3. The van der Waals surface area contributed by atoms with E-state index in [4.69, 9.17) is 0 Å². The SMILES string of the molecule is Cc1ccc(-c2c(C)n(C)n(-c3ccccc3)c2=O)cc1. The predicted molar refractivity (Wildman–Crippen MR) is 85.9 cm³/mol. The fraction of sp³-hybridized carbons (Fsp3) is 0.167. The lowest BCUT2D eigenvalue weighted by Gasteiger charge is -2.07. The van der Waals surface area contributed by atoms with Crippen molar-refractivity contribution in [2.45, 2.75) is 13.8 Å². The summed E-state index contributed by atoms with van der Waals surface area (Å²) in [5.74, 6) is 0. The molecular formula is C18H18N2O. The van der Waals surface area contributed by atoms with E-state index in [1.807, 2.05) is 80.2 Å². The topological polar surface area (TPSA) is 26.9 Å². The average molecular weight is 278 g/mol. The van der Waals surface area contributed by atoms with Gasteiger partial charge in [-0.25, -0.2) is 4.68 Å². The van der Waals surface area contributed by atoms with Crippen LogP contribution in [0.15, 0.2) is 59.4 Å². The first-order valence-corrected chi connectivity index (χ1v) is 7.00. The normalized spacial score (nSPS) is 10.8. The third-order valence-corrected chi connectivity index (χ3v) is 3.89. The molecule has 0 aliphatic rings. The Hall–Kier alpha value is -2.55. The lowest BCUT2D eigenvalue weighted by atomic mass is 10.1. The zero-order valence-electron chi connectivity index (χ0n) is 12.5. The summed E-state index contributed by atoms with van der Waals surface area (Å²) in [6, 6.07) is 17.8. The van der Waals surface area contributed by atoms with Gasteiger partial charge in [0.15, 0.2) is 0 Å². The summed E-state index contributed by atoms with van der Waals surface area (Å²) in [4.78, 5) is 12.8. The molecule has 21 heavy (non-hydrogen) atoms. The Kier molecular flexibility index (Phi) is 3.26. The zero-order chi connectivity index (χ0) is 15.0. The molecule has 0 bridgehead atoms. The Morgan fingerprint density at radius 1 is 0.857 bits per heavy atom. The van der Waals surface area contributed by atoms with Crippen LogP contribution in [0.1, 0.15) is 11.3 Å². The van der Waals surface area contributed by atoms with Gasteiger partial charge in [0.2, 0.25) is 0 Å². The summed E-state index contributed by atoms with van der Waals surface area (Å²) in [5, 5.41) is 0. The number of hydrogen-bond donors (Lipinski definition) is 0. The summed E-state index contributed by atoms with van der Waals surface area (Å²) in [5.41, 5.74) is 4.79. The molecule has 106 valence electrons. The van der Waals surface area contributed by atoms with E-state index in [0.29, 0.717) is 0 Å². The number of aryl methyl sites for hydroxylation is 1. The van der Waals surface area contributed by atoms with Gasteiger partial charge in [0.25, 0.3) is 5.56 Å². The summed E-state index contributed by atoms with van der Waals surface area (Å²) in [7, 11) is 1.92. The minimum absolute atomic E-state index is 0.0186. The molecule has 0 fully saturated rings. The second kappa shape index (κ2) is 5.09. The monoisotopic (exact) mass is 278 g/mol. The number of para-hydroxylation sites is 1. The van der Waals surface area contributed by atoms with Gasteiger partial charge in [-0.15, -0.1) is 0 Å². The van der Waals surface area contributed by atoms with Gasteiger partial charge < -0.3 is 0 Å². The maximum Gasteiger partial charge on any atom is 0.279 e. The van der Waals surface area contributed by atoms with Crippen molar-refractivity contribution >= 4 is 0 Å². The van der Waals surface area contributed by atoms with Crippen LogP contribution in [-0.4, -0.2) is 9.36 Å². The van der Waals surface area contributed by atoms with Gasteiger partial charge in [-0.05, 0) is 31.5 Å². The zero-order valence-corrected chi connectivity index (χ0v) is 12.5. The molecular weight excluding hydrogens is 260 g/mol. The van der Waals surface area contributed by atoms with E-state index < -0.39 is 0 Å². The highest BCUT2D eigenvalue weighted by molar-refractivity contribution is 5.66. The van der Waals surface area contributed by atoms with Gasteiger partial charge >= 0.3 is 0 Å². The lowest BCUT2D eigenvalue weighted by Crippen LogP contribution is -2.20. The number of hydrogen-bond acceptors (Lipinski definition) is 1. The van der Waals surface area contributed by atoms with E-state index in [1.54, 1.807) is 4.68 Å². The van der Waals surface area contributed by atoms with Crippen molar-refractivity contribution in [3.05, 3.63) is 76.2 Å². The Bertz CT molecular complexity index is 824. The van der Waals surface area contributed by atoms with Gasteiger partial charge in [-0.3, -0.25) is 9.48 Å². The minimum Gasteiger partial charge on any atom is -0.285 e. The molecule has 1 aromatic heterocycles. The number of benzene rings is 2. The molecule has 0 spiro atoms. The van der Waals surface area contributed by atoms with Crippen molar-refractivity contribution < 1.29 is 0 Å². The third-order valence-electron chi connectivity index (χ3n) is 3.89. The number of nitrogens with zero attached hydrogens (tertiary/aromatic N) is 2. The second-order valence-electron chi connectivity index (χ2n) is 5.30. The van der Waals surface area contributed by atoms with Gasteiger partial charge in [0.1, 0.15) is 0 Å². The molecule has 0 aliphatic carbocycles. The Labute approximate surface area is 124 Å². The quantitative estimate of drug-likeness (QED) is 0.705. The predicted octanol–water partition coefficient (Wildman–Crippen LogP) is 3.46. The van der Waals surface area contributed by atoms with Crippen molar-refractivity contribution in [2.24, 2.45) is 7.05 Å². The highest BCUT2D eigenvalue weighted by Gasteiger charge is 2.17. The van der Waals surface area contributed by atoms with E-state index >= 15 is 0 Å². The Morgan fingerprint density at radius 2 is 1.48 bits per heavy atom. The van der Waals surface area contributed by atoms with Gasteiger partial charge in [0, 0.05) is 12.7 Å². The maximum atomic E-state index is 12.8. The van der Waals surface area contributed by atoms with E-state index in [1.165, 1.54) is 5.56 Å². The number of aromatic nitrogens is 2. The fourth-order valence-electron chi connectivity index (χ4n) is 2.62. The van der Waals surface area contributed by atoms with Crippen LogP contribution in [0.25, 0.3) is 16.8 Å². The van der Waals surface area contributed by atoms with Gasteiger partial charge in [0.05, 0.1) is 11.3 Å². The molecule has 1 heterocycles. The molecule has 0 unspecified atom stereocenters. The molecule has 0 atom stereocenters. The molecule has 2 aromatic carbocycles. The average Bonchev–Trinajstić information content (AvgIpc) is 2.72. The summed E-state index contributed by atoms with van der Waals surface area (Å²) in [6.07, 6.45) is 0. The van der Waals surface area contributed by atoms with E-state index in [9.17, 15) is 4.79 Å². The van der Waals surface area contributed by atoms with Crippen LogP contribution in [0, 0.1) is 13.8 Å². The molecule has 3 heteroatoms. The maximum absolute atomic E-state index is 12.8. The van der Waals surface area contributed by atoms with Crippen molar-refractivity contribution in [1.82, 2.24) is 9.36 Å². The molecule has 3 aromatic rings. The fourth-order valence-corrected chi connectivity index (χ4v) is 2.62. The first kappa shape index (κ1) is 13.4. The highest BCUT2D eigenvalue weighted by Crippen LogP contribution is 2.21. The summed E-state index contributed by atoms with van der Waals surface area (Å²) < 4.78 is 3.62. The molecule has 0 saturated heterocycles. The molecule has 0 amide bonds. The molecule has 0 radical (unpaired) electrons. The van der Waals surface area contributed by atoms with E-state index in [2.05, 4.69) is 0 Å². The molecule has 0 saturated carbocycles. The first-order chi connectivity index (χ1) is 10.1.